The van der Waals surface area contributed by atoms with Crippen molar-refractivity contribution in [2.24, 2.45) is 0 Å². The molecule has 0 unspecified atom stereocenters. The number of hydrogen-bond acceptors (Lipinski definition) is 5. The SMILES string of the molecule is CCCNc1cc(NCC(C)(C)OC)ncn1. The lowest BCUT2D eigenvalue weighted by atomic mass is 10.1. The van der Waals surface area contributed by atoms with Gasteiger partial charge in [-0.2, -0.15) is 0 Å². The van der Waals surface area contributed by atoms with Crippen LogP contribution in [0, 0.1) is 0 Å². The van der Waals surface area contributed by atoms with Crippen LogP contribution in [-0.4, -0.2) is 35.8 Å². The van der Waals surface area contributed by atoms with Crippen molar-refractivity contribution >= 4 is 11.6 Å². The molecule has 0 atom stereocenters. The maximum Gasteiger partial charge on any atom is 0.131 e. The van der Waals surface area contributed by atoms with Gasteiger partial charge in [-0.25, -0.2) is 9.97 Å². The van der Waals surface area contributed by atoms with Gasteiger partial charge in [0.25, 0.3) is 0 Å². The predicted molar refractivity (Wildman–Crippen MR) is 70.4 cm³/mol. The van der Waals surface area contributed by atoms with Crippen LogP contribution in [0.5, 0.6) is 0 Å². The molecule has 0 amide bonds. The summed E-state index contributed by atoms with van der Waals surface area (Å²) in [7, 11) is 1.70. The summed E-state index contributed by atoms with van der Waals surface area (Å²) < 4.78 is 5.33. The van der Waals surface area contributed by atoms with Gasteiger partial charge in [0.15, 0.2) is 0 Å². The Morgan fingerprint density at radius 1 is 1.24 bits per heavy atom. The van der Waals surface area contributed by atoms with Crippen molar-refractivity contribution in [3.8, 4) is 0 Å². The van der Waals surface area contributed by atoms with Crippen molar-refractivity contribution in [2.45, 2.75) is 32.8 Å². The fourth-order valence-corrected chi connectivity index (χ4v) is 1.18. The minimum atomic E-state index is -0.206. The monoisotopic (exact) mass is 238 g/mol. The molecular weight excluding hydrogens is 216 g/mol. The van der Waals surface area contributed by atoms with Gasteiger partial charge in [0.1, 0.15) is 18.0 Å². The molecule has 96 valence electrons. The van der Waals surface area contributed by atoms with Crippen LogP contribution in [0.2, 0.25) is 0 Å². The lowest BCUT2D eigenvalue weighted by molar-refractivity contribution is 0.0343. The third kappa shape index (κ3) is 4.99. The molecule has 1 rings (SSSR count). The van der Waals surface area contributed by atoms with E-state index in [1.807, 2.05) is 19.9 Å². The van der Waals surface area contributed by atoms with Crippen LogP contribution < -0.4 is 10.6 Å². The number of nitrogens with one attached hydrogen (secondary N) is 2. The average molecular weight is 238 g/mol. The van der Waals surface area contributed by atoms with Gasteiger partial charge in [0, 0.05) is 26.3 Å². The number of aromatic nitrogens is 2. The number of methoxy groups -OCH3 is 1. The minimum absolute atomic E-state index is 0.206. The summed E-state index contributed by atoms with van der Waals surface area (Å²) in [4.78, 5) is 8.32. The van der Waals surface area contributed by atoms with Crippen LogP contribution in [0.1, 0.15) is 27.2 Å². The third-order valence-corrected chi connectivity index (χ3v) is 2.47. The number of anilines is 2. The molecule has 5 nitrogen and oxygen atoms in total. The van der Waals surface area contributed by atoms with Crippen LogP contribution in [0.15, 0.2) is 12.4 Å². The Morgan fingerprint density at radius 3 is 2.47 bits per heavy atom. The summed E-state index contributed by atoms with van der Waals surface area (Å²) in [5.74, 6) is 1.66. The molecule has 2 N–H and O–H groups in total. The maximum absolute atomic E-state index is 5.33. The van der Waals surface area contributed by atoms with E-state index in [1.165, 1.54) is 0 Å². The molecule has 1 aromatic heterocycles. The average Bonchev–Trinajstić information content (AvgIpc) is 2.35. The second-order valence-electron chi connectivity index (χ2n) is 4.53. The van der Waals surface area contributed by atoms with Crippen LogP contribution in [0.3, 0.4) is 0 Å². The highest BCUT2D eigenvalue weighted by atomic mass is 16.5. The van der Waals surface area contributed by atoms with Gasteiger partial charge in [0.05, 0.1) is 5.60 Å². The molecule has 0 aliphatic carbocycles. The van der Waals surface area contributed by atoms with Crippen LogP contribution in [-0.2, 0) is 4.74 Å². The number of hydrogen-bond donors (Lipinski definition) is 2. The fraction of sp³-hybridized carbons (Fsp3) is 0.667. The molecule has 0 aromatic carbocycles. The Morgan fingerprint density at radius 2 is 1.88 bits per heavy atom. The van der Waals surface area contributed by atoms with Crippen LogP contribution in [0.25, 0.3) is 0 Å². The van der Waals surface area contributed by atoms with Crippen molar-refractivity contribution < 1.29 is 4.74 Å². The van der Waals surface area contributed by atoms with Gasteiger partial charge >= 0.3 is 0 Å². The molecule has 0 saturated carbocycles. The molecule has 5 heteroatoms. The van der Waals surface area contributed by atoms with E-state index in [2.05, 4.69) is 27.5 Å². The van der Waals surface area contributed by atoms with E-state index in [1.54, 1.807) is 13.4 Å². The molecule has 0 radical (unpaired) electrons. The molecule has 0 fully saturated rings. The highest BCUT2D eigenvalue weighted by molar-refractivity contribution is 5.46. The maximum atomic E-state index is 5.33. The first kappa shape index (κ1) is 13.7. The van der Waals surface area contributed by atoms with Crippen LogP contribution >= 0.6 is 0 Å². The van der Waals surface area contributed by atoms with Crippen molar-refractivity contribution in [3.05, 3.63) is 12.4 Å². The fourth-order valence-electron chi connectivity index (χ4n) is 1.18. The van der Waals surface area contributed by atoms with E-state index < -0.39 is 0 Å². The van der Waals surface area contributed by atoms with Crippen molar-refractivity contribution in [1.29, 1.82) is 0 Å². The first-order valence-electron chi connectivity index (χ1n) is 5.92. The van der Waals surface area contributed by atoms with Crippen molar-refractivity contribution in [1.82, 2.24) is 9.97 Å². The third-order valence-electron chi connectivity index (χ3n) is 2.47. The summed E-state index contributed by atoms with van der Waals surface area (Å²) in [6.45, 7) is 7.79. The Hall–Kier alpha value is -1.36. The van der Waals surface area contributed by atoms with Gasteiger partial charge < -0.3 is 15.4 Å². The summed E-state index contributed by atoms with van der Waals surface area (Å²) in [6.07, 6.45) is 2.63. The first-order valence-corrected chi connectivity index (χ1v) is 5.92. The molecule has 0 aliphatic heterocycles. The summed E-state index contributed by atoms with van der Waals surface area (Å²) in [5, 5.41) is 6.46. The molecule has 0 aliphatic rings. The predicted octanol–water partition coefficient (Wildman–Crippen LogP) is 2.14. The van der Waals surface area contributed by atoms with Crippen molar-refractivity contribution in [2.75, 3.05) is 30.8 Å². The summed E-state index contributed by atoms with van der Waals surface area (Å²) in [6, 6.07) is 1.90. The molecule has 0 spiro atoms. The lowest BCUT2D eigenvalue weighted by Crippen LogP contribution is -2.32. The number of ether oxygens (including phenoxy) is 1. The van der Waals surface area contributed by atoms with Gasteiger partial charge in [-0.05, 0) is 20.3 Å². The Bertz CT molecular complexity index is 341. The molecule has 17 heavy (non-hydrogen) atoms. The smallest absolute Gasteiger partial charge is 0.131 e. The number of rotatable bonds is 7. The quantitative estimate of drug-likeness (QED) is 0.762. The van der Waals surface area contributed by atoms with E-state index in [0.29, 0.717) is 6.54 Å². The van der Waals surface area contributed by atoms with Gasteiger partial charge in [-0.3, -0.25) is 0 Å². The van der Waals surface area contributed by atoms with Gasteiger partial charge in [-0.15, -0.1) is 0 Å². The summed E-state index contributed by atoms with van der Waals surface area (Å²) in [5.41, 5.74) is -0.206. The van der Waals surface area contributed by atoms with E-state index in [9.17, 15) is 0 Å². The molecule has 1 heterocycles. The molecule has 0 saturated heterocycles. The highest BCUT2D eigenvalue weighted by Crippen LogP contribution is 2.12. The standard InChI is InChI=1S/C12H22N4O/c1-5-6-13-10-7-11(16-9-15-10)14-8-12(2,3)17-4/h7,9H,5-6,8H2,1-4H3,(H2,13,14,15,16). The largest absolute Gasteiger partial charge is 0.377 e. The Kier molecular flexibility index (Phi) is 5.15. The van der Waals surface area contributed by atoms with Gasteiger partial charge in [-0.1, -0.05) is 6.92 Å². The second-order valence-corrected chi connectivity index (χ2v) is 4.53. The molecule has 0 bridgehead atoms. The zero-order valence-electron chi connectivity index (χ0n) is 11.1. The summed E-state index contributed by atoms with van der Waals surface area (Å²) >= 11 is 0. The zero-order chi connectivity index (χ0) is 12.7. The Balaban J connectivity index is 2.53. The van der Waals surface area contributed by atoms with E-state index in [0.717, 1.165) is 24.6 Å². The zero-order valence-corrected chi connectivity index (χ0v) is 11.1. The normalized spacial score (nSPS) is 11.3. The Labute approximate surface area is 103 Å². The van der Waals surface area contributed by atoms with E-state index in [-0.39, 0.29) is 5.60 Å². The topological polar surface area (TPSA) is 59.1 Å². The van der Waals surface area contributed by atoms with E-state index in [4.69, 9.17) is 4.74 Å². The van der Waals surface area contributed by atoms with Crippen molar-refractivity contribution in [3.63, 3.8) is 0 Å². The van der Waals surface area contributed by atoms with Crippen LogP contribution in [0.4, 0.5) is 11.6 Å². The first-order chi connectivity index (χ1) is 8.07. The highest BCUT2D eigenvalue weighted by Gasteiger charge is 2.15. The molecule has 1 aromatic rings. The number of nitrogens with zero attached hydrogens (tertiary/aromatic N) is 2. The molecular formula is C12H22N4O. The lowest BCUT2D eigenvalue weighted by Gasteiger charge is -2.23. The van der Waals surface area contributed by atoms with Gasteiger partial charge in [0.2, 0.25) is 0 Å². The van der Waals surface area contributed by atoms with E-state index >= 15 is 0 Å². The second kappa shape index (κ2) is 6.39. The minimum Gasteiger partial charge on any atom is -0.377 e.